The normalized spacial score (nSPS) is 10.4. The molecule has 0 radical (unpaired) electrons. The van der Waals surface area contributed by atoms with E-state index in [4.69, 9.17) is 28.9 Å². The molecule has 0 spiro atoms. The van der Waals surface area contributed by atoms with Crippen LogP contribution in [0.1, 0.15) is 0 Å². The summed E-state index contributed by atoms with van der Waals surface area (Å²) in [5.41, 5.74) is 6.88. The minimum absolute atomic E-state index is 0.381. The number of anilines is 1. The Balaban J connectivity index is 2.49. The second kappa shape index (κ2) is 3.73. The molecule has 0 bridgehead atoms. The van der Waals surface area contributed by atoms with Gasteiger partial charge in [0.05, 0.1) is 10.0 Å². The van der Waals surface area contributed by atoms with E-state index in [9.17, 15) is 0 Å². The molecule has 6 heteroatoms. The third kappa shape index (κ3) is 1.82. The van der Waals surface area contributed by atoms with Gasteiger partial charge in [-0.1, -0.05) is 23.2 Å². The fraction of sp³-hybridized carbons (Fsp3) is 0. The average molecular weight is 246 g/mol. The molecule has 2 aromatic heterocycles. The predicted octanol–water partition coefficient (Wildman–Crippen LogP) is 3.09. The Morgan fingerprint density at radius 1 is 1.21 bits per heavy atom. The van der Waals surface area contributed by atoms with Crippen molar-refractivity contribution in [3.8, 4) is 11.3 Å². The van der Waals surface area contributed by atoms with Crippen molar-refractivity contribution < 1.29 is 0 Å². The van der Waals surface area contributed by atoms with Crippen LogP contribution in [0.5, 0.6) is 0 Å². The standard InChI is InChI=1S/C8H5Cl2N3S/c9-6-3-4(8(10)14-6)5-1-2-7(11)13-12-5/h1-3H,(H2,11,13). The Bertz CT molecular complexity index is 452. The van der Waals surface area contributed by atoms with Gasteiger partial charge in [0, 0.05) is 5.56 Å². The van der Waals surface area contributed by atoms with Gasteiger partial charge < -0.3 is 5.73 Å². The average Bonchev–Trinajstić information content (AvgIpc) is 2.47. The van der Waals surface area contributed by atoms with Gasteiger partial charge in [-0.25, -0.2) is 0 Å². The van der Waals surface area contributed by atoms with Gasteiger partial charge in [-0.15, -0.1) is 21.5 Å². The monoisotopic (exact) mass is 245 g/mol. The van der Waals surface area contributed by atoms with E-state index in [1.54, 1.807) is 18.2 Å². The molecule has 0 aliphatic carbocycles. The van der Waals surface area contributed by atoms with E-state index >= 15 is 0 Å². The molecule has 0 saturated heterocycles. The molecule has 2 aromatic rings. The molecule has 2 rings (SSSR count). The van der Waals surface area contributed by atoms with E-state index in [2.05, 4.69) is 10.2 Å². The summed E-state index contributed by atoms with van der Waals surface area (Å²) in [6.45, 7) is 0. The first-order chi connectivity index (χ1) is 6.66. The zero-order valence-corrected chi connectivity index (χ0v) is 9.20. The molecular formula is C8H5Cl2N3S. The summed E-state index contributed by atoms with van der Waals surface area (Å²) in [6.07, 6.45) is 0. The predicted molar refractivity (Wildman–Crippen MR) is 59.8 cm³/mol. The second-order valence-electron chi connectivity index (χ2n) is 2.58. The Morgan fingerprint density at radius 2 is 2.00 bits per heavy atom. The maximum atomic E-state index is 5.95. The molecule has 72 valence electrons. The molecule has 0 unspecified atom stereocenters. The van der Waals surface area contributed by atoms with Crippen molar-refractivity contribution >= 4 is 40.4 Å². The van der Waals surface area contributed by atoms with Crippen LogP contribution in [0.15, 0.2) is 18.2 Å². The number of nitrogen functional groups attached to an aromatic ring is 1. The molecule has 0 aromatic carbocycles. The summed E-state index contributed by atoms with van der Waals surface area (Å²) in [5, 5.41) is 7.65. The van der Waals surface area contributed by atoms with Crippen molar-refractivity contribution in [2.24, 2.45) is 0 Å². The fourth-order valence-corrected chi connectivity index (χ4v) is 2.48. The van der Waals surface area contributed by atoms with Crippen LogP contribution in [0.25, 0.3) is 11.3 Å². The lowest BCUT2D eigenvalue weighted by molar-refractivity contribution is 1.05. The number of nitrogens with two attached hydrogens (primary N) is 1. The van der Waals surface area contributed by atoms with Crippen LogP contribution in [0, 0.1) is 0 Å². The lowest BCUT2D eigenvalue weighted by atomic mass is 10.2. The topological polar surface area (TPSA) is 51.8 Å². The van der Waals surface area contributed by atoms with Crippen LogP contribution in [-0.2, 0) is 0 Å². The van der Waals surface area contributed by atoms with Crippen molar-refractivity contribution in [1.29, 1.82) is 0 Å². The highest BCUT2D eigenvalue weighted by Gasteiger charge is 2.09. The summed E-state index contributed by atoms with van der Waals surface area (Å²) in [7, 11) is 0. The number of rotatable bonds is 1. The first-order valence-corrected chi connectivity index (χ1v) is 5.28. The number of nitrogens with zero attached hydrogens (tertiary/aromatic N) is 2. The number of hydrogen-bond donors (Lipinski definition) is 1. The van der Waals surface area contributed by atoms with E-state index in [1.165, 1.54) is 11.3 Å². The smallest absolute Gasteiger partial charge is 0.146 e. The van der Waals surface area contributed by atoms with Gasteiger partial charge in [0.25, 0.3) is 0 Å². The van der Waals surface area contributed by atoms with Crippen LogP contribution in [0.3, 0.4) is 0 Å². The molecule has 0 amide bonds. The summed E-state index contributed by atoms with van der Waals surface area (Å²) in [4.78, 5) is 0. The quantitative estimate of drug-likeness (QED) is 0.841. The third-order valence-corrected chi connectivity index (χ3v) is 3.11. The van der Waals surface area contributed by atoms with Crippen molar-refractivity contribution in [2.45, 2.75) is 0 Å². The van der Waals surface area contributed by atoms with Gasteiger partial charge in [-0.3, -0.25) is 0 Å². The Morgan fingerprint density at radius 3 is 2.50 bits per heavy atom. The summed E-state index contributed by atoms with van der Waals surface area (Å²) in [5.74, 6) is 0.381. The van der Waals surface area contributed by atoms with Gasteiger partial charge in [0.1, 0.15) is 10.2 Å². The summed E-state index contributed by atoms with van der Waals surface area (Å²) >= 11 is 13.1. The van der Waals surface area contributed by atoms with Gasteiger partial charge in [-0.05, 0) is 18.2 Å². The molecular weight excluding hydrogens is 241 g/mol. The highest BCUT2D eigenvalue weighted by atomic mass is 35.5. The van der Waals surface area contributed by atoms with Crippen molar-refractivity contribution in [3.63, 3.8) is 0 Å². The lowest BCUT2D eigenvalue weighted by Crippen LogP contribution is -1.93. The van der Waals surface area contributed by atoms with Crippen molar-refractivity contribution in [2.75, 3.05) is 5.73 Å². The van der Waals surface area contributed by atoms with Gasteiger partial charge in [0.15, 0.2) is 0 Å². The molecule has 14 heavy (non-hydrogen) atoms. The van der Waals surface area contributed by atoms with Crippen molar-refractivity contribution in [3.05, 3.63) is 26.9 Å². The summed E-state index contributed by atoms with van der Waals surface area (Å²) in [6, 6.07) is 5.19. The highest BCUT2D eigenvalue weighted by molar-refractivity contribution is 7.20. The molecule has 0 atom stereocenters. The highest BCUT2D eigenvalue weighted by Crippen LogP contribution is 2.36. The first-order valence-electron chi connectivity index (χ1n) is 3.71. The van der Waals surface area contributed by atoms with Gasteiger partial charge >= 0.3 is 0 Å². The van der Waals surface area contributed by atoms with Gasteiger partial charge in [0.2, 0.25) is 0 Å². The second-order valence-corrected chi connectivity index (χ2v) is 4.87. The number of thiophene rings is 1. The third-order valence-electron chi connectivity index (χ3n) is 1.62. The molecule has 0 aliphatic rings. The molecule has 2 heterocycles. The molecule has 2 N–H and O–H groups in total. The maximum absolute atomic E-state index is 5.95. The van der Waals surface area contributed by atoms with Crippen LogP contribution in [0.2, 0.25) is 8.67 Å². The maximum Gasteiger partial charge on any atom is 0.146 e. The zero-order valence-electron chi connectivity index (χ0n) is 6.87. The summed E-state index contributed by atoms with van der Waals surface area (Å²) < 4.78 is 1.23. The fourth-order valence-electron chi connectivity index (χ4n) is 1.00. The number of aromatic nitrogens is 2. The number of halogens is 2. The molecule has 0 fully saturated rings. The van der Waals surface area contributed by atoms with E-state index in [0.717, 1.165) is 5.56 Å². The van der Waals surface area contributed by atoms with Crippen LogP contribution >= 0.6 is 34.5 Å². The van der Waals surface area contributed by atoms with E-state index in [0.29, 0.717) is 20.2 Å². The van der Waals surface area contributed by atoms with Crippen LogP contribution < -0.4 is 5.73 Å². The zero-order chi connectivity index (χ0) is 10.1. The number of hydrogen-bond acceptors (Lipinski definition) is 4. The Hall–Kier alpha value is -0.840. The van der Waals surface area contributed by atoms with Gasteiger partial charge in [-0.2, -0.15) is 0 Å². The van der Waals surface area contributed by atoms with E-state index < -0.39 is 0 Å². The van der Waals surface area contributed by atoms with E-state index in [1.807, 2.05) is 0 Å². The van der Waals surface area contributed by atoms with Crippen LogP contribution in [-0.4, -0.2) is 10.2 Å². The Labute approximate surface area is 94.5 Å². The van der Waals surface area contributed by atoms with E-state index in [-0.39, 0.29) is 0 Å². The Kier molecular flexibility index (Phi) is 2.58. The van der Waals surface area contributed by atoms with Crippen LogP contribution in [0.4, 0.5) is 5.82 Å². The molecule has 0 aliphatic heterocycles. The minimum Gasteiger partial charge on any atom is -0.382 e. The first kappa shape index (κ1) is 9.71. The molecule has 0 saturated carbocycles. The largest absolute Gasteiger partial charge is 0.382 e. The lowest BCUT2D eigenvalue weighted by Gasteiger charge is -1.96. The minimum atomic E-state index is 0.381. The SMILES string of the molecule is Nc1ccc(-c2cc(Cl)sc2Cl)nn1. The molecule has 3 nitrogen and oxygen atoms in total. The van der Waals surface area contributed by atoms with Crippen molar-refractivity contribution in [1.82, 2.24) is 10.2 Å².